The fourth-order valence-electron chi connectivity index (χ4n) is 2.92. The second kappa shape index (κ2) is 8.64. The van der Waals surface area contributed by atoms with Crippen LogP contribution in [0, 0.1) is 16.7 Å². The molecule has 1 rings (SSSR count). The molecule has 0 bridgehead atoms. The van der Waals surface area contributed by atoms with E-state index in [9.17, 15) is 9.90 Å². The first-order valence-corrected chi connectivity index (χ1v) is 8.36. The van der Waals surface area contributed by atoms with Crippen LogP contribution < -0.4 is 0 Å². The Morgan fingerprint density at radius 1 is 1.32 bits per heavy atom. The predicted molar refractivity (Wildman–Crippen MR) is 99.7 cm³/mol. The quantitative estimate of drug-likeness (QED) is 0.439. The average molecular weight is 341 g/mol. The lowest BCUT2D eigenvalue weighted by Gasteiger charge is -2.35. The van der Waals surface area contributed by atoms with E-state index in [0.717, 1.165) is 29.6 Å². The summed E-state index contributed by atoms with van der Waals surface area (Å²) in [5, 5.41) is 27.8. The number of hydrogen-bond acceptors (Lipinski definition) is 3. The Bertz CT molecular complexity index is 725. The molecule has 2 N–H and O–H groups in total. The maximum atomic E-state index is 10.9. The third-order valence-electron chi connectivity index (χ3n) is 4.63. The van der Waals surface area contributed by atoms with Gasteiger partial charge in [-0.25, -0.2) is 4.79 Å². The Morgan fingerprint density at radius 3 is 2.52 bits per heavy atom. The standard InChI is InChI=1S/C21H27NO3/c1-14(7-6-8-15(2)17(13-22)20(24)25)9-10-18-16(3)19(23)11-12-21(18,4)5/h6-10,19,23H,11-12H2,1-5H3,(H,24,25)/b8-6+,10-9+,14-7+,17-15-. The molecule has 0 saturated carbocycles. The first-order valence-electron chi connectivity index (χ1n) is 8.36. The van der Waals surface area contributed by atoms with Crippen LogP contribution in [0.2, 0.25) is 0 Å². The van der Waals surface area contributed by atoms with Crippen LogP contribution in [0.25, 0.3) is 0 Å². The van der Waals surface area contributed by atoms with Crippen molar-refractivity contribution in [1.29, 1.82) is 5.26 Å². The molecule has 0 aliphatic heterocycles. The molecule has 1 aliphatic carbocycles. The summed E-state index contributed by atoms with van der Waals surface area (Å²) in [6.07, 6.45) is 10.6. The third kappa shape index (κ3) is 5.58. The zero-order chi connectivity index (χ0) is 19.2. The molecule has 0 spiro atoms. The van der Waals surface area contributed by atoms with Gasteiger partial charge in [-0.2, -0.15) is 5.26 Å². The van der Waals surface area contributed by atoms with Crippen molar-refractivity contribution in [2.24, 2.45) is 5.41 Å². The normalized spacial score (nSPS) is 22.3. The molecule has 0 aromatic carbocycles. The van der Waals surface area contributed by atoms with Crippen molar-refractivity contribution in [1.82, 2.24) is 0 Å². The zero-order valence-electron chi connectivity index (χ0n) is 15.6. The molecule has 4 heteroatoms. The zero-order valence-corrected chi connectivity index (χ0v) is 15.6. The summed E-state index contributed by atoms with van der Waals surface area (Å²) >= 11 is 0. The lowest BCUT2D eigenvalue weighted by Crippen LogP contribution is -2.27. The van der Waals surface area contributed by atoms with E-state index >= 15 is 0 Å². The van der Waals surface area contributed by atoms with E-state index in [1.54, 1.807) is 25.1 Å². The minimum Gasteiger partial charge on any atom is -0.477 e. The summed E-state index contributed by atoms with van der Waals surface area (Å²) < 4.78 is 0. The van der Waals surface area contributed by atoms with Crippen molar-refractivity contribution in [2.45, 2.75) is 53.6 Å². The van der Waals surface area contributed by atoms with Gasteiger partial charge in [0.2, 0.25) is 0 Å². The first-order chi connectivity index (χ1) is 11.6. The maximum Gasteiger partial charge on any atom is 0.346 e. The van der Waals surface area contributed by atoms with Gasteiger partial charge < -0.3 is 10.2 Å². The van der Waals surface area contributed by atoms with Crippen LogP contribution in [-0.4, -0.2) is 22.3 Å². The van der Waals surface area contributed by atoms with Crippen LogP contribution in [0.3, 0.4) is 0 Å². The van der Waals surface area contributed by atoms with E-state index in [1.165, 1.54) is 0 Å². The van der Waals surface area contributed by atoms with Crippen LogP contribution >= 0.6 is 0 Å². The summed E-state index contributed by atoms with van der Waals surface area (Å²) in [6, 6.07) is 1.69. The molecule has 0 aromatic rings. The number of nitrogens with zero attached hydrogens (tertiary/aromatic N) is 1. The molecule has 0 saturated heterocycles. The smallest absolute Gasteiger partial charge is 0.346 e. The van der Waals surface area contributed by atoms with E-state index < -0.39 is 5.97 Å². The van der Waals surface area contributed by atoms with Gasteiger partial charge in [-0.15, -0.1) is 0 Å². The van der Waals surface area contributed by atoms with Gasteiger partial charge in [0.25, 0.3) is 0 Å². The fourth-order valence-corrected chi connectivity index (χ4v) is 2.92. The van der Waals surface area contributed by atoms with Crippen molar-refractivity contribution < 1.29 is 15.0 Å². The molecule has 1 atom stereocenters. The maximum absolute atomic E-state index is 10.9. The highest BCUT2D eigenvalue weighted by Gasteiger charge is 2.30. The Balaban J connectivity index is 2.97. The van der Waals surface area contributed by atoms with E-state index in [-0.39, 0.29) is 17.1 Å². The third-order valence-corrected chi connectivity index (χ3v) is 4.63. The molecule has 1 aliphatic rings. The lowest BCUT2D eigenvalue weighted by molar-refractivity contribution is -0.132. The number of carbonyl (C=O) groups is 1. The molecular weight excluding hydrogens is 314 g/mol. The second-order valence-corrected chi connectivity index (χ2v) is 7.11. The SMILES string of the molecule is CC1=C(/C=C/C(C)=C/C=C/C(C)=C(/C#N)C(=O)O)C(C)(C)CCC1O. The van der Waals surface area contributed by atoms with E-state index in [2.05, 4.69) is 19.9 Å². The van der Waals surface area contributed by atoms with Gasteiger partial charge in [-0.05, 0) is 55.7 Å². The van der Waals surface area contributed by atoms with Gasteiger partial charge in [-0.3, -0.25) is 0 Å². The number of hydrogen-bond donors (Lipinski definition) is 2. The molecule has 0 amide bonds. The number of allylic oxidation sites excluding steroid dienone is 8. The number of aliphatic hydroxyl groups is 1. The van der Waals surface area contributed by atoms with Gasteiger partial charge in [0.1, 0.15) is 11.6 Å². The van der Waals surface area contributed by atoms with Gasteiger partial charge in [-0.1, -0.05) is 49.8 Å². The molecule has 0 heterocycles. The summed E-state index contributed by atoms with van der Waals surface area (Å²) in [5.41, 5.74) is 3.38. The fraction of sp³-hybridized carbons (Fsp3) is 0.429. The van der Waals surface area contributed by atoms with Crippen molar-refractivity contribution in [2.75, 3.05) is 0 Å². The summed E-state index contributed by atoms with van der Waals surface area (Å²) in [7, 11) is 0. The largest absolute Gasteiger partial charge is 0.477 e. The van der Waals surface area contributed by atoms with E-state index in [1.807, 2.05) is 26.0 Å². The number of rotatable bonds is 5. The molecule has 134 valence electrons. The van der Waals surface area contributed by atoms with E-state index in [0.29, 0.717) is 5.57 Å². The second-order valence-electron chi connectivity index (χ2n) is 7.11. The predicted octanol–water partition coefficient (Wildman–Crippen LogP) is 4.47. The molecule has 0 aromatic heterocycles. The van der Waals surface area contributed by atoms with Crippen LogP contribution in [0.4, 0.5) is 0 Å². The van der Waals surface area contributed by atoms with Crippen molar-refractivity contribution in [3.05, 3.63) is 58.2 Å². The highest BCUT2D eigenvalue weighted by atomic mass is 16.4. The van der Waals surface area contributed by atoms with Crippen LogP contribution in [0.15, 0.2) is 58.2 Å². The Morgan fingerprint density at radius 2 is 1.96 bits per heavy atom. The van der Waals surface area contributed by atoms with Gasteiger partial charge in [0.15, 0.2) is 0 Å². The van der Waals surface area contributed by atoms with Crippen LogP contribution in [0.1, 0.15) is 47.5 Å². The summed E-state index contributed by atoms with van der Waals surface area (Å²) in [4.78, 5) is 10.9. The molecular formula is C21H27NO3. The van der Waals surface area contributed by atoms with Crippen LogP contribution in [0.5, 0.6) is 0 Å². The minimum atomic E-state index is -1.22. The topological polar surface area (TPSA) is 81.3 Å². The minimum absolute atomic E-state index is 0.0401. The van der Waals surface area contributed by atoms with Gasteiger partial charge >= 0.3 is 5.97 Å². The molecule has 25 heavy (non-hydrogen) atoms. The van der Waals surface area contributed by atoms with Crippen molar-refractivity contribution in [3.8, 4) is 6.07 Å². The number of carboxylic acid groups (broad SMARTS) is 1. The number of nitriles is 1. The molecule has 1 unspecified atom stereocenters. The first kappa shape index (κ1) is 20.7. The van der Waals surface area contributed by atoms with Crippen molar-refractivity contribution in [3.63, 3.8) is 0 Å². The number of aliphatic carboxylic acids is 1. The highest BCUT2D eigenvalue weighted by molar-refractivity contribution is 5.92. The average Bonchev–Trinajstić information content (AvgIpc) is 2.51. The van der Waals surface area contributed by atoms with Crippen LogP contribution in [-0.2, 0) is 4.79 Å². The summed E-state index contributed by atoms with van der Waals surface area (Å²) in [6.45, 7) is 9.90. The Kier molecular flexibility index (Phi) is 7.14. The molecule has 0 radical (unpaired) electrons. The lowest BCUT2D eigenvalue weighted by atomic mass is 9.71. The number of carboxylic acids is 1. The van der Waals surface area contributed by atoms with Crippen molar-refractivity contribution >= 4 is 5.97 Å². The number of aliphatic hydroxyl groups excluding tert-OH is 1. The monoisotopic (exact) mass is 341 g/mol. The highest BCUT2D eigenvalue weighted by Crippen LogP contribution is 2.40. The van der Waals surface area contributed by atoms with Gasteiger partial charge in [0, 0.05) is 0 Å². The van der Waals surface area contributed by atoms with E-state index in [4.69, 9.17) is 10.4 Å². The Labute approximate surface area is 150 Å². The van der Waals surface area contributed by atoms with Gasteiger partial charge in [0.05, 0.1) is 6.10 Å². The summed E-state index contributed by atoms with van der Waals surface area (Å²) in [5.74, 6) is -1.22. The molecule has 4 nitrogen and oxygen atoms in total. The molecule has 0 fully saturated rings. The Hall–Kier alpha value is -2.38.